The molecule has 1 fully saturated rings. The van der Waals surface area contributed by atoms with E-state index in [1.807, 2.05) is 12.1 Å². The monoisotopic (exact) mass is 338 g/mol. The summed E-state index contributed by atoms with van der Waals surface area (Å²) in [4.78, 5) is 0. The molecular formula is C22H30N2O. The van der Waals surface area contributed by atoms with Gasteiger partial charge < -0.3 is 4.74 Å². The van der Waals surface area contributed by atoms with Gasteiger partial charge in [0.25, 0.3) is 0 Å². The Bertz CT molecular complexity index is 628. The minimum atomic E-state index is 0.550. The molecule has 0 amide bonds. The third-order valence-electron chi connectivity index (χ3n) is 5.60. The predicted octanol–water partition coefficient (Wildman–Crippen LogP) is 5.69. The summed E-state index contributed by atoms with van der Waals surface area (Å²) < 4.78 is 5.06. The van der Waals surface area contributed by atoms with Gasteiger partial charge in [-0.15, -0.1) is 10.2 Å². The van der Waals surface area contributed by atoms with Crippen molar-refractivity contribution in [3.63, 3.8) is 0 Å². The molecule has 0 radical (unpaired) electrons. The molecule has 1 aromatic carbocycles. The molecule has 0 N–H and O–H groups in total. The highest BCUT2D eigenvalue weighted by Crippen LogP contribution is 2.33. The Hall–Kier alpha value is -1.90. The fraction of sp³-hybridized carbons (Fsp3) is 0.545. The molecule has 0 spiro atoms. The minimum Gasteiger partial charge on any atom is -0.480 e. The smallest absolute Gasteiger partial charge is 0.233 e. The van der Waals surface area contributed by atoms with Crippen molar-refractivity contribution in [1.29, 1.82) is 0 Å². The Morgan fingerprint density at radius 1 is 0.880 bits per heavy atom. The molecule has 1 heterocycles. The van der Waals surface area contributed by atoms with Crippen LogP contribution in [0.4, 0.5) is 0 Å². The van der Waals surface area contributed by atoms with E-state index >= 15 is 0 Å². The molecule has 0 bridgehead atoms. The Kier molecular flexibility index (Phi) is 6.43. The van der Waals surface area contributed by atoms with Crippen LogP contribution in [0.2, 0.25) is 0 Å². The normalized spacial score (nSPS) is 20.4. The van der Waals surface area contributed by atoms with E-state index < -0.39 is 0 Å². The van der Waals surface area contributed by atoms with E-state index in [4.69, 9.17) is 4.74 Å². The predicted molar refractivity (Wildman–Crippen MR) is 103 cm³/mol. The van der Waals surface area contributed by atoms with E-state index in [1.165, 1.54) is 56.9 Å². The molecule has 0 atom stereocenters. The van der Waals surface area contributed by atoms with E-state index in [0.717, 1.165) is 23.1 Å². The maximum absolute atomic E-state index is 5.06. The first kappa shape index (κ1) is 17.9. The van der Waals surface area contributed by atoms with Crippen LogP contribution in [0.1, 0.15) is 57.4 Å². The number of benzene rings is 1. The van der Waals surface area contributed by atoms with Crippen LogP contribution >= 0.6 is 0 Å². The Morgan fingerprint density at radius 2 is 1.56 bits per heavy atom. The van der Waals surface area contributed by atoms with Crippen LogP contribution in [0.3, 0.4) is 0 Å². The number of aromatic nitrogens is 2. The molecule has 0 saturated heterocycles. The molecule has 25 heavy (non-hydrogen) atoms. The first-order valence-corrected chi connectivity index (χ1v) is 9.75. The molecule has 1 aliphatic rings. The van der Waals surface area contributed by atoms with Crippen LogP contribution in [0, 0.1) is 11.8 Å². The topological polar surface area (TPSA) is 35.0 Å². The molecule has 1 saturated carbocycles. The Labute approximate surface area is 151 Å². The zero-order valence-corrected chi connectivity index (χ0v) is 15.6. The summed E-state index contributed by atoms with van der Waals surface area (Å²) >= 11 is 0. The molecule has 0 unspecified atom stereocenters. The highest BCUT2D eigenvalue weighted by atomic mass is 16.5. The summed E-state index contributed by atoms with van der Waals surface area (Å²) in [5.41, 5.74) is 3.43. The van der Waals surface area contributed by atoms with E-state index in [-0.39, 0.29) is 0 Å². The third-order valence-corrected chi connectivity index (χ3v) is 5.60. The number of rotatable bonds is 7. The maximum Gasteiger partial charge on any atom is 0.233 e. The van der Waals surface area contributed by atoms with Gasteiger partial charge in [-0.2, -0.15) is 0 Å². The first-order chi connectivity index (χ1) is 12.3. The van der Waals surface area contributed by atoms with Gasteiger partial charge in [-0.25, -0.2) is 0 Å². The molecule has 1 aromatic heterocycles. The summed E-state index contributed by atoms with van der Waals surface area (Å²) in [6.45, 7) is 2.31. The lowest BCUT2D eigenvalue weighted by molar-refractivity contribution is 0.252. The summed E-state index contributed by atoms with van der Waals surface area (Å²) in [7, 11) is 1.61. The average Bonchev–Trinajstić information content (AvgIpc) is 2.68. The highest BCUT2D eigenvalue weighted by molar-refractivity contribution is 5.58. The van der Waals surface area contributed by atoms with Gasteiger partial charge >= 0.3 is 0 Å². The Morgan fingerprint density at radius 3 is 2.12 bits per heavy atom. The summed E-state index contributed by atoms with van der Waals surface area (Å²) in [5, 5.41) is 8.26. The van der Waals surface area contributed by atoms with Crippen molar-refractivity contribution in [3.8, 4) is 17.1 Å². The van der Waals surface area contributed by atoms with Gasteiger partial charge in [-0.05, 0) is 36.3 Å². The van der Waals surface area contributed by atoms with E-state index in [2.05, 4.69) is 41.4 Å². The van der Waals surface area contributed by atoms with Crippen molar-refractivity contribution in [2.75, 3.05) is 7.11 Å². The van der Waals surface area contributed by atoms with Gasteiger partial charge in [-0.3, -0.25) is 0 Å². The van der Waals surface area contributed by atoms with E-state index in [1.54, 1.807) is 7.11 Å². The average molecular weight is 338 g/mol. The second kappa shape index (κ2) is 8.98. The van der Waals surface area contributed by atoms with Crippen molar-refractivity contribution < 1.29 is 4.74 Å². The quantitative estimate of drug-likeness (QED) is 0.650. The molecule has 134 valence electrons. The Balaban J connectivity index is 1.49. The largest absolute Gasteiger partial charge is 0.480 e. The minimum absolute atomic E-state index is 0.550. The van der Waals surface area contributed by atoms with Crippen LogP contribution in [0.15, 0.2) is 36.4 Å². The van der Waals surface area contributed by atoms with E-state index in [0.29, 0.717) is 5.88 Å². The summed E-state index contributed by atoms with van der Waals surface area (Å²) in [6, 6.07) is 12.6. The van der Waals surface area contributed by atoms with Gasteiger partial charge in [0.1, 0.15) is 0 Å². The van der Waals surface area contributed by atoms with Crippen LogP contribution in [-0.4, -0.2) is 17.3 Å². The van der Waals surface area contributed by atoms with Crippen molar-refractivity contribution in [2.24, 2.45) is 11.8 Å². The van der Waals surface area contributed by atoms with Gasteiger partial charge in [-0.1, -0.05) is 69.7 Å². The highest BCUT2D eigenvalue weighted by Gasteiger charge is 2.20. The molecule has 3 rings (SSSR count). The lowest BCUT2D eigenvalue weighted by atomic mass is 9.78. The lowest BCUT2D eigenvalue weighted by Crippen LogP contribution is -2.15. The van der Waals surface area contributed by atoms with Crippen molar-refractivity contribution >= 4 is 0 Å². The molecular weight excluding hydrogens is 308 g/mol. The van der Waals surface area contributed by atoms with Crippen molar-refractivity contribution in [1.82, 2.24) is 10.2 Å². The zero-order chi connectivity index (χ0) is 17.5. The second-order valence-electron chi connectivity index (χ2n) is 7.37. The molecule has 1 aliphatic carbocycles. The number of hydrogen-bond acceptors (Lipinski definition) is 3. The number of ether oxygens (including phenoxy) is 1. The fourth-order valence-corrected chi connectivity index (χ4v) is 4.01. The number of hydrogen-bond donors (Lipinski definition) is 0. The first-order valence-electron chi connectivity index (χ1n) is 9.75. The van der Waals surface area contributed by atoms with Crippen LogP contribution in [0.5, 0.6) is 5.88 Å². The van der Waals surface area contributed by atoms with E-state index in [9.17, 15) is 0 Å². The van der Waals surface area contributed by atoms with Crippen LogP contribution < -0.4 is 4.74 Å². The van der Waals surface area contributed by atoms with Crippen molar-refractivity contribution in [2.45, 2.75) is 58.3 Å². The third kappa shape index (κ3) is 5.04. The van der Waals surface area contributed by atoms with Crippen molar-refractivity contribution in [3.05, 3.63) is 42.0 Å². The van der Waals surface area contributed by atoms with Gasteiger partial charge in [0.2, 0.25) is 5.88 Å². The molecule has 2 aromatic rings. The van der Waals surface area contributed by atoms with Gasteiger partial charge in [0.05, 0.1) is 12.8 Å². The van der Waals surface area contributed by atoms with Gasteiger partial charge in [0.15, 0.2) is 0 Å². The summed E-state index contributed by atoms with van der Waals surface area (Å²) in [5.74, 6) is 2.49. The molecule has 0 aliphatic heterocycles. The fourth-order valence-electron chi connectivity index (χ4n) is 4.01. The zero-order valence-electron chi connectivity index (χ0n) is 15.6. The van der Waals surface area contributed by atoms with Crippen LogP contribution in [0.25, 0.3) is 11.3 Å². The standard InChI is InChI=1S/C22H30N2O/c1-3-4-17-5-7-18(8-6-17)9-10-19-11-13-20(14-12-19)21-15-16-22(25-2)24-23-21/h11-18H,3-10H2,1-2H3. The van der Waals surface area contributed by atoms with Crippen LogP contribution in [-0.2, 0) is 6.42 Å². The second-order valence-corrected chi connectivity index (χ2v) is 7.37. The maximum atomic E-state index is 5.06. The number of nitrogens with zero attached hydrogens (tertiary/aromatic N) is 2. The SMILES string of the molecule is CCCC1CCC(CCc2ccc(-c3ccc(OC)nn3)cc2)CC1. The molecule has 3 heteroatoms. The number of methoxy groups -OCH3 is 1. The van der Waals surface area contributed by atoms with Gasteiger partial charge in [0, 0.05) is 11.6 Å². The number of aryl methyl sites for hydroxylation is 1. The summed E-state index contributed by atoms with van der Waals surface area (Å²) in [6.07, 6.45) is 11.1. The molecule has 3 nitrogen and oxygen atoms in total. The lowest BCUT2D eigenvalue weighted by Gasteiger charge is -2.28.